The van der Waals surface area contributed by atoms with Crippen LogP contribution in [0.1, 0.15) is 43.5 Å². The number of nitrogens with one attached hydrogen (secondary N) is 2. The molecular formula is C15H20N2O. The van der Waals surface area contributed by atoms with E-state index in [2.05, 4.69) is 24.1 Å². The van der Waals surface area contributed by atoms with Gasteiger partial charge in [0.05, 0.1) is 11.1 Å². The maximum absolute atomic E-state index is 12.2. The third-order valence-corrected chi connectivity index (χ3v) is 3.20. The number of aromatic nitrogens is 1. The van der Waals surface area contributed by atoms with Crippen LogP contribution in [0.15, 0.2) is 30.5 Å². The molecule has 0 fully saturated rings. The Balaban J connectivity index is 2.11. The predicted molar refractivity (Wildman–Crippen MR) is 74.8 cm³/mol. The molecule has 1 atom stereocenters. The maximum Gasteiger partial charge on any atom is 0.253 e. The van der Waals surface area contributed by atoms with Gasteiger partial charge < -0.3 is 10.3 Å². The summed E-state index contributed by atoms with van der Waals surface area (Å²) in [6.07, 6.45) is 5.20. The zero-order valence-corrected chi connectivity index (χ0v) is 11.0. The van der Waals surface area contributed by atoms with Crippen molar-refractivity contribution in [3.8, 4) is 0 Å². The molecule has 1 aromatic heterocycles. The Morgan fingerprint density at radius 1 is 1.39 bits per heavy atom. The Kier molecular flexibility index (Phi) is 4.03. The molecule has 18 heavy (non-hydrogen) atoms. The Morgan fingerprint density at radius 3 is 3.00 bits per heavy atom. The number of para-hydroxylation sites is 1. The molecule has 0 aliphatic rings. The Bertz CT molecular complexity index is 530. The lowest BCUT2D eigenvalue weighted by Crippen LogP contribution is -2.32. The van der Waals surface area contributed by atoms with E-state index in [0.717, 1.165) is 35.7 Å². The van der Waals surface area contributed by atoms with Crippen LogP contribution < -0.4 is 5.32 Å². The van der Waals surface area contributed by atoms with Crippen LogP contribution in [0, 0.1) is 0 Å². The van der Waals surface area contributed by atoms with Gasteiger partial charge in [0.25, 0.3) is 5.91 Å². The standard InChI is InChI=1S/C15H20N2O/c1-3-4-6-11(2)17-15(18)13-8-5-7-12-9-10-16-14(12)13/h5,7-11,16H,3-4,6H2,1-2H3,(H,17,18). The van der Waals surface area contributed by atoms with E-state index in [0.29, 0.717) is 0 Å². The van der Waals surface area contributed by atoms with Gasteiger partial charge in [0.1, 0.15) is 0 Å². The van der Waals surface area contributed by atoms with E-state index < -0.39 is 0 Å². The molecule has 0 aliphatic carbocycles. The number of carbonyl (C=O) groups excluding carboxylic acids is 1. The third kappa shape index (κ3) is 2.73. The van der Waals surface area contributed by atoms with Crippen molar-refractivity contribution in [2.45, 2.75) is 39.2 Å². The Labute approximate surface area is 108 Å². The molecule has 0 saturated carbocycles. The zero-order chi connectivity index (χ0) is 13.0. The van der Waals surface area contributed by atoms with Crippen molar-refractivity contribution >= 4 is 16.8 Å². The third-order valence-electron chi connectivity index (χ3n) is 3.20. The molecule has 3 nitrogen and oxygen atoms in total. The predicted octanol–water partition coefficient (Wildman–Crippen LogP) is 3.48. The summed E-state index contributed by atoms with van der Waals surface area (Å²) >= 11 is 0. The molecule has 0 bridgehead atoms. The van der Waals surface area contributed by atoms with Gasteiger partial charge in [-0.05, 0) is 25.5 Å². The first-order valence-corrected chi connectivity index (χ1v) is 6.59. The minimum absolute atomic E-state index is 0.00616. The van der Waals surface area contributed by atoms with Gasteiger partial charge in [0.2, 0.25) is 0 Å². The first-order valence-electron chi connectivity index (χ1n) is 6.59. The number of unbranched alkanes of at least 4 members (excludes halogenated alkanes) is 1. The molecule has 0 saturated heterocycles. The van der Waals surface area contributed by atoms with Gasteiger partial charge >= 0.3 is 0 Å². The van der Waals surface area contributed by atoms with Crippen LogP contribution >= 0.6 is 0 Å². The van der Waals surface area contributed by atoms with Crippen LogP contribution in [0.4, 0.5) is 0 Å². The monoisotopic (exact) mass is 244 g/mol. The molecule has 1 amide bonds. The molecule has 3 heteroatoms. The molecule has 2 N–H and O–H groups in total. The average molecular weight is 244 g/mol. The van der Waals surface area contributed by atoms with E-state index in [9.17, 15) is 4.79 Å². The van der Waals surface area contributed by atoms with E-state index in [-0.39, 0.29) is 11.9 Å². The van der Waals surface area contributed by atoms with E-state index in [4.69, 9.17) is 0 Å². The van der Waals surface area contributed by atoms with Crippen molar-refractivity contribution in [2.24, 2.45) is 0 Å². The summed E-state index contributed by atoms with van der Waals surface area (Å²) < 4.78 is 0. The van der Waals surface area contributed by atoms with Crippen LogP contribution in [0.5, 0.6) is 0 Å². The molecule has 0 aliphatic heterocycles. The fraction of sp³-hybridized carbons (Fsp3) is 0.400. The molecular weight excluding hydrogens is 224 g/mol. The average Bonchev–Trinajstić information content (AvgIpc) is 2.84. The molecule has 2 aromatic rings. The van der Waals surface area contributed by atoms with Crippen molar-refractivity contribution in [1.29, 1.82) is 0 Å². The van der Waals surface area contributed by atoms with Crippen molar-refractivity contribution in [1.82, 2.24) is 10.3 Å². The second kappa shape index (κ2) is 5.71. The first-order chi connectivity index (χ1) is 8.72. The van der Waals surface area contributed by atoms with Gasteiger partial charge in [-0.3, -0.25) is 4.79 Å². The second-order valence-corrected chi connectivity index (χ2v) is 4.76. The van der Waals surface area contributed by atoms with E-state index in [1.165, 1.54) is 0 Å². The number of rotatable bonds is 5. The number of hydrogen-bond acceptors (Lipinski definition) is 1. The highest BCUT2D eigenvalue weighted by molar-refractivity contribution is 6.05. The quantitative estimate of drug-likeness (QED) is 0.831. The lowest BCUT2D eigenvalue weighted by atomic mass is 10.1. The van der Waals surface area contributed by atoms with Crippen LogP contribution in [-0.4, -0.2) is 16.9 Å². The van der Waals surface area contributed by atoms with Crippen molar-refractivity contribution in [3.63, 3.8) is 0 Å². The van der Waals surface area contributed by atoms with Crippen molar-refractivity contribution < 1.29 is 4.79 Å². The second-order valence-electron chi connectivity index (χ2n) is 4.76. The molecule has 0 radical (unpaired) electrons. The number of benzene rings is 1. The first kappa shape index (κ1) is 12.7. The smallest absolute Gasteiger partial charge is 0.253 e. The number of carbonyl (C=O) groups is 1. The summed E-state index contributed by atoms with van der Waals surface area (Å²) in [5, 5.41) is 4.13. The summed E-state index contributed by atoms with van der Waals surface area (Å²) in [4.78, 5) is 15.3. The molecule has 1 unspecified atom stereocenters. The highest BCUT2D eigenvalue weighted by Gasteiger charge is 2.12. The van der Waals surface area contributed by atoms with Crippen molar-refractivity contribution in [3.05, 3.63) is 36.0 Å². The number of aromatic amines is 1. The summed E-state index contributed by atoms with van der Waals surface area (Å²) in [6, 6.07) is 7.99. The lowest BCUT2D eigenvalue weighted by Gasteiger charge is -2.13. The fourth-order valence-electron chi connectivity index (χ4n) is 2.16. The van der Waals surface area contributed by atoms with E-state index in [1.54, 1.807) is 0 Å². The normalized spacial score (nSPS) is 12.6. The summed E-state index contributed by atoms with van der Waals surface area (Å²) in [5.41, 5.74) is 1.64. The van der Waals surface area contributed by atoms with Gasteiger partial charge in [-0.1, -0.05) is 31.9 Å². The van der Waals surface area contributed by atoms with E-state index >= 15 is 0 Å². The SMILES string of the molecule is CCCCC(C)NC(=O)c1cccc2cc[nH]c12. The zero-order valence-electron chi connectivity index (χ0n) is 11.0. The summed E-state index contributed by atoms with van der Waals surface area (Å²) in [7, 11) is 0. The number of fused-ring (bicyclic) bond motifs is 1. The van der Waals surface area contributed by atoms with Crippen LogP contribution in [0.25, 0.3) is 10.9 Å². The van der Waals surface area contributed by atoms with Crippen LogP contribution in [-0.2, 0) is 0 Å². The number of hydrogen-bond donors (Lipinski definition) is 2. The van der Waals surface area contributed by atoms with E-state index in [1.807, 2.05) is 30.5 Å². The largest absolute Gasteiger partial charge is 0.361 e. The molecule has 96 valence electrons. The molecule has 2 rings (SSSR count). The van der Waals surface area contributed by atoms with Gasteiger partial charge in [0, 0.05) is 17.6 Å². The molecule has 0 spiro atoms. The van der Waals surface area contributed by atoms with Gasteiger partial charge in [-0.25, -0.2) is 0 Å². The Morgan fingerprint density at radius 2 is 2.22 bits per heavy atom. The minimum Gasteiger partial charge on any atom is -0.361 e. The maximum atomic E-state index is 12.2. The van der Waals surface area contributed by atoms with Gasteiger partial charge in [-0.15, -0.1) is 0 Å². The van der Waals surface area contributed by atoms with Crippen LogP contribution in [0.2, 0.25) is 0 Å². The summed E-state index contributed by atoms with van der Waals surface area (Å²) in [5.74, 6) is 0.00616. The molecule has 1 aromatic carbocycles. The molecule has 1 heterocycles. The number of amides is 1. The van der Waals surface area contributed by atoms with Crippen LogP contribution in [0.3, 0.4) is 0 Å². The number of H-pyrrole nitrogens is 1. The van der Waals surface area contributed by atoms with Gasteiger partial charge in [-0.2, -0.15) is 0 Å². The summed E-state index contributed by atoms with van der Waals surface area (Å²) in [6.45, 7) is 4.22. The topological polar surface area (TPSA) is 44.9 Å². The highest BCUT2D eigenvalue weighted by Crippen LogP contribution is 2.17. The lowest BCUT2D eigenvalue weighted by molar-refractivity contribution is 0.0939. The van der Waals surface area contributed by atoms with Gasteiger partial charge in [0.15, 0.2) is 0 Å². The Hall–Kier alpha value is -1.77. The minimum atomic E-state index is 0.00616. The fourth-order valence-corrected chi connectivity index (χ4v) is 2.16. The van der Waals surface area contributed by atoms with Crippen molar-refractivity contribution in [2.75, 3.05) is 0 Å². The highest BCUT2D eigenvalue weighted by atomic mass is 16.1.